The van der Waals surface area contributed by atoms with E-state index in [2.05, 4.69) is 10.4 Å². The lowest BCUT2D eigenvalue weighted by atomic mass is 9.83. The average Bonchev–Trinajstić information content (AvgIpc) is 3.18. The van der Waals surface area contributed by atoms with Gasteiger partial charge in [0.1, 0.15) is 11.4 Å². The zero-order chi connectivity index (χ0) is 25.5. The molecule has 14 nitrogen and oxygen atoms in total. The molecule has 14 heteroatoms. The Morgan fingerprint density at radius 1 is 1.17 bits per heavy atom. The van der Waals surface area contributed by atoms with Gasteiger partial charge in [0.2, 0.25) is 0 Å². The third-order valence-corrected chi connectivity index (χ3v) is 6.04. The van der Waals surface area contributed by atoms with Crippen molar-refractivity contribution >= 4 is 35.3 Å². The maximum Gasteiger partial charge on any atom is 0.434 e. The quantitative estimate of drug-likeness (QED) is 0.426. The second kappa shape index (κ2) is 8.87. The number of hydrogen-bond donors (Lipinski definition) is 3. The number of anilines is 2. The normalized spacial score (nSPS) is 17.0. The minimum absolute atomic E-state index is 0.0772. The largest absolute Gasteiger partial charge is 0.465 e. The van der Waals surface area contributed by atoms with Gasteiger partial charge in [0, 0.05) is 42.4 Å². The van der Waals surface area contributed by atoms with Crippen LogP contribution in [0.25, 0.3) is 0 Å². The number of hydrogen-bond acceptors (Lipinski definition) is 8. The van der Waals surface area contributed by atoms with Crippen LogP contribution in [0, 0.1) is 10.1 Å². The lowest BCUT2D eigenvalue weighted by Gasteiger charge is -2.35. The Labute approximate surface area is 198 Å². The lowest BCUT2D eigenvalue weighted by Crippen LogP contribution is -2.44. The highest BCUT2D eigenvalue weighted by atomic mass is 16.6. The van der Waals surface area contributed by atoms with Crippen LogP contribution in [0.5, 0.6) is 0 Å². The number of benzene rings is 1. The topological polar surface area (TPSA) is 180 Å². The Bertz CT molecular complexity index is 1220. The van der Waals surface area contributed by atoms with Crippen molar-refractivity contribution in [2.24, 2.45) is 0 Å². The number of carbonyl (C=O) groups is 3. The number of nitro groups is 1. The van der Waals surface area contributed by atoms with E-state index in [4.69, 9.17) is 4.74 Å². The second-order valence-electron chi connectivity index (χ2n) is 8.90. The van der Waals surface area contributed by atoms with Crippen LogP contribution in [-0.4, -0.2) is 80.8 Å². The van der Waals surface area contributed by atoms with Gasteiger partial charge >= 0.3 is 12.2 Å². The molecule has 3 heterocycles. The third-order valence-electron chi connectivity index (χ3n) is 6.04. The molecule has 2 aromatic rings. The van der Waals surface area contributed by atoms with Crippen molar-refractivity contribution in [1.82, 2.24) is 14.7 Å². The highest BCUT2D eigenvalue weighted by Gasteiger charge is 2.40. The summed E-state index contributed by atoms with van der Waals surface area (Å²) in [6.45, 7) is 5.34. The number of carbonyl (C=O) groups excluding carboxylic acids is 1. The molecule has 0 unspecified atom stereocenters. The molecular formula is C21H24N6O8. The molecule has 0 saturated carbocycles. The molecule has 2 amide bonds. The minimum Gasteiger partial charge on any atom is -0.465 e. The van der Waals surface area contributed by atoms with Crippen molar-refractivity contribution in [3.05, 3.63) is 45.1 Å². The van der Waals surface area contributed by atoms with Crippen molar-refractivity contribution in [1.29, 1.82) is 0 Å². The van der Waals surface area contributed by atoms with Crippen molar-refractivity contribution in [2.75, 3.05) is 43.1 Å². The monoisotopic (exact) mass is 488 g/mol. The van der Waals surface area contributed by atoms with Crippen LogP contribution in [0.4, 0.5) is 26.8 Å². The first kappa shape index (κ1) is 23.9. The van der Waals surface area contributed by atoms with Crippen LogP contribution in [-0.2, 0) is 16.7 Å². The fourth-order valence-electron chi connectivity index (χ4n) is 4.40. The van der Waals surface area contributed by atoms with Gasteiger partial charge in [-0.2, -0.15) is 5.10 Å². The number of aromatic nitrogens is 2. The van der Waals surface area contributed by atoms with Gasteiger partial charge in [-0.25, -0.2) is 9.59 Å². The summed E-state index contributed by atoms with van der Waals surface area (Å²) in [4.78, 5) is 50.7. The second-order valence-corrected chi connectivity index (χ2v) is 8.90. The Morgan fingerprint density at radius 2 is 1.86 bits per heavy atom. The molecule has 0 spiro atoms. The van der Waals surface area contributed by atoms with Crippen molar-refractivity contribution < 1.29 is 34.3 Å². The Hall–Kier alpha value is -4.20. The van der Waals surface area contributed by atoms with E-state index in [1.165, 1.54) is 12.1 Å². The van der Waals surface area contributed by atoms with Gasteiger partial charge in [-0.3, -0.25) is 14.9 Å². The van der Waals surface area contributed by atoms with E-state index in [-0.39, 0.29) is 30.0 Å². The number of amides is 2. The highest BCUT2D eigenvalue weighted by Crippen LogP contribution is 2.37. The first-order valence-electron chi connectivity index (χ1n) is 10.8. The maximum absolute atomic E-state index is 13.1. The standard InChI is InChI=1S/C21H24N6O8/c1-21(2)11-25(19(29)30)10-14-16(21)23-26(20(31)32)17(14)22-18(28)13-4-3-12(9-15(13)27(33)34)24-5-7-35-8-6-24/h3-4,9H,5-8,10-11H2,1-2H3,(H,22,28)(H,29,30)(H,31,32). The van der Waals surface area contributed by atoms with Gasteiger partial charge in [0.15, 0.2) is 0 Å². The average molecular weight is 488 g/mol. The molecule has 1 fully saturated rings. The van der Waals surface area contributed by atoms with Crippen molar-refractivity contribution in [3.63, 3.8) is 0 Å². The first-order valence-corrected chi connectivity index (χ1v) is 10.8. The van der Waals surface area contributed by atoms with E-state index in [0.29, 0.717) is 42.4 Å². The van der Waals surface area contributed by atoms with Crippen LogP contribution in [0.15, 0.2) is 18.2 Å². The van der Waals surface area contributed by atoms with Crippen molar-refractivity contribution in [2.45, 2.75) is 25.8 Å². The summed E-state index contributed by atoms with van der Waals surface area (Å²) >= 11 is 0. The molecule has 0 aliphatic carbocycles. The van der Waals surface area contributed by atoms with Gasteiger partial charge in [-0.1, -0.05) is 13.8 Å². The molecule has 0 atom stereocenters. The zero-order valence-electron chi connectivity index (χ0n) is 19.1. The molecule has 2 aliphatic heterocycles. The number of nitro benzene ring substituents is 1. The van der Waals surface area contributed by atoms with Gasteiger partial charge in [0.25, 0.3) is 11.6 Å². The molecule has 1 saturated heterocycles. The van der Waals surface area contributed by atoms with Gasteiger partial charge < -0.3 is 30.1 Å². The van der Waals surface area contributed by atoms with Gasteiger partial charge in [-0.05, 0) is 12.1 Å². The Kier molecular flexibility index (Phi) is 6.06. The fourth-order valence-corrected chi connectivity index (χ4v) is 4.40. The maximum atomic E-state index is 13.1. The van der Waals surface area contributed by atoms with E-state index < -0.39 is 34.1 Å². The Balaban J connectivity index is 1.72. The summed E-state index contributed by atoms with van der Waals surface area (Å²) in [5.41, 5.74) is -0.462. The molecule has 186 valence electrons. The van der Waals surface area contributed by atoms with Gasteiger partial charge in [-0.15, -0.1) is 4.68 Å². The fraction of sp³-hybridized carbons (Fsp3) is 0.429. The molecule has 0 bridgehead atoms. The molecule has 1 aromatic carbocycles. The number of nitrogens with one attached hydrogen (secondary N) is 1. The van der Waals surface area contributed by atoms with E-state index in [9.17, 15) is 34.7 Å². The van der Waals surface area contributed by atoms with Crippen LogP contribution in [0.1, 0.15) is 35.5 Å². The Morgan fingerprint density at radius 3 is 2.46 bits per heavy atom. The summed E-state index contributed by atoms with van der Waals surface area (Å²) in [5.74, 6) is -1.16. The van der Waals surface area contributed by atoms with Crippen LogP contribution >= 0.6 is 0 Å². The summed E-state index contributed by atoms with van der Waals surface area (Å²) in [6.07, 6.45) is -2.71. The van der Waals surface area contributed by atoms with Crippen LogP contribution in [0.2, 0.25) is 0 Å². The van der Waals surface area contributed by atoms with Crippen molar-refractivity contribution in [3.8, 4) is 0 Å². The molecule has 0 radical (unpaired) electrons. The smallest absolute Gasteiger partial charge is 0.434 e. The number of ether oxygens (including phenoxy) is 1. The SMILES string of the molecule is CC1(C)CN(C(=O)O)Cc2c1nn(C(=O)O)c2NC(=O)c1ccc(N2CCOCC2)cc1[N+](=O)[O-]. The minimum atomic E-state index is -1.50. The number of carboxylic acid groups (broad SMARTS) is 2. The van der Waals surface area contributed by atoms with E-state index in [0.717, 1.165) is 4.90 Å². The third kappa shape index (κ3) is 4.47. The summed E-state index contributed by atoms with van der Waals surface area (Å²) in [5, 5.41) is 37.5. The highest BCUT2D eigenvalue weighted by molar-refractivity contribution is 6.08. The van der Waals surface area contributed by atoms with Gasteiger partial charge in [0.05, 0.1) is 30.4 Å². The molecular weight excluding hydrogens is 464 g/mol. The number of morpholine rings is 1. The van der Waals surface area contributed by atoms with E-state index in [1.54, 1.807) is 19.9 Å². The molecule has 1 aromatic heterocycles. The molecule has 4 rings (SSSR count). The summed E-state index contributed by atoms with van der Waals surface area (Å²) < 4.78 is 5.86. The molecule has 35 heavy (non-hydrogen) atoms. The van der Waals surface area contributed by atoms with E-state index >= 15 is 0 Å². The van der Waals surface area contributed by atoms with Crippen LogP contribution < -0.4 is 10.2 Å². The number of nitrogens with zero attached hydrogens (tertiary/aromatic N) is 5. The number of rotatable bonds is 4. The van der Waals surface area contributed by atoms with E-state index in [1.807, 2.05) is 4.90 Å². The summed E-state index contributed by atoms with van der Waals surface area (Å²) in [7, 11) is 0. The first-order chi connectivity index (χ1) is 16.5. The summed E-state index contributed by atoms with van der Waals surface area (Å²) in [6, 6.07) is 4.17. The predicted molar refractivity (Wildman–Crippen MR) is 121 cm³/mol. The molecule has 3 N–H and O–H groups in total. The van der Waals surface area contributed by atoms with Crippen LogP contribution in [0.3, 0.4) is 0 Å². The lowest BCUT2D eigenvalue weighted by molar-refractivity contribution is -0.385. The zero-order valence-corrected chi connectivity index (χ0v) is 19.1. The predicted octanol–water partition coefficient (Wildman–Crippen LogP) is 2.18. The molecule has 2 aliphatic rings. The number of fused-ring (bicyclic) bond motifs is 1.